The van der Waals surface area contributed by atoms with E-state index in [1.807, 2.05) is 20.2 Å². The number of nitro benzene ring substituents is 1. The number of rotatable bonds is 4. The van der Waals surface area contributed by atoms with Gasteiger partial charge in [-0.1, -0.05) is 15.9 Å². The van der Waals surface area contributed by atoms with Gasteiger partial charge in [-0.25, -0.2) is 0 Å². The summed E-state index contributed by atoms with van der Waals surface area (Å²) >= 11 is 3.31. The molecular formula is C12H13BrN4O2. The smallest absolute Gasteiger partial charge is 0.292 e. The van der Waals surface area contributed by atoms with Gasteiger partial charge in [0.1, 0.15) is 5.69 Å². The van der Waals surface area contributed by atoms with Gasteiger partial charge in [-0.15, -0.1) is 0 Å². The van der Waals surface area contributed by atoms with Crippen LogP contribution in [-0.4, -0.2) is 14.7 Å². The average Bonchev–Trinajstić information content (AvgIpc) is 2.65. The van der Waals surface area contributed by atoms with E-state index in [4.69, 9.17) is 0 Å². The summed E-state index contributed by atoms with van der Waals surface area (Å²) in [6.45, 7) is 2.41. The van der Waals surface area contributed by atoms with Crippen molar-refractivity contribution < 1.29 is 4.92 Å². The Hall–Kier alpha value is -1.89. The molecule has 2 rings (SSSR count). The third-order valence-electron chi connectivity index (χ3n) is 2.74. The number of nitrogens with one attached hydrogen (secondary N) is 1. The predicted octanol–water partition coefficient (Wildman–Crippen LogP) is 3.01. The Morgan fingerprint density at radius 2 is 2.26 bits per heavy atom. The van der Waals surface area contributed by atoms with Gasteiger partial charge in [0, 0.05) is 35.9 Å². The Labute approximate surface area is 118 Å². The van der Waals surface area contributed by atoms with Crippen molar-refractivity contribution in [2.75, 3.05) is 5.32 Å². The molecule has 0 saturated carbocycles. The van der Waals surface area contributed by atoms with Gasteiger partial charge >= 0.3 is 0 Å². The summed E-state index contributed by atoms with van der Waals surface area (Å²) in [5.41, 5.74) is 2.47. The van der Waals surface area contributed by atoms with Crippen LogP contribution >= 0.6 is 15.9 Å². The molecule has 0 radical (unpaired) electrons. The minimum atomic E-state index is -0.398. The van der Waals surface area contributed by atoms with E-state index >= 15 is 0 Å². The third kappa shape index (κ3) is 3.11. The zero-order chi connectivity index (χ0) is 14.0. The van der Waals surface area contributed by atoms with Crippen molar-refractivity contribution in [3.8, 4) is 0 Å². The van der Waals surface area contributed by atoms with Crippen molar-refractivity contribution in [2.45, 2.75) is 13.5 Å². The summed E-state index contributed by atoms with van der Waals surface area (Å²) in [6.07, 6.45) is 1.89. The molecule has 7 heteroatoms. The van der Waals surface area contributed by atoms with E-state index in [1.54, 1.807) is 16.8 Å². The Balaban J connectivity index is 2.21. The molecule has 2 aromatic rings. The van der Waals surface area contributed by atoms with E-state index < -0.39 is 4.92 Å². The van der Waals surface area contributed by atoms with Crippen LogP contribution in [0.15, 0.2) is 28.9 Å². The second-order valence-corrected chi connectivity index (χ2v) is 5.10. The molecule has 0 aliphatic rings. The molecule has 1 aromatic carbocycles. The number of hydrogen-bond acceptors (Lipinski definition) is 4. The number of hydrogen-bond donors (Lipinski definition) is 1. The molecule has 1 aromatic heterocycles. The number of nitrogens with zero attached hydrogens (tertiary/aromatic N) is 3. The quantitative estimate of drug-likeness (QED) is 0.693. The average molecular weight is 325 g/mol. The summed E-state index contributed by atoms with van der Waals surface area (Å²) in [4.78, 5) is 10.6. The molecule has 1 N–H and O–H groups in total. The van der Waals surface area contributed by atoms with Crippen LogP contribution < -0.4 is 5.32 Å². The van der Waals surface area contributed by atoms with Crippen molar-refractivity contribution in [2.24, 2.45) is 7.05 Å². The molecule has 0 unspecified atom stereocenters. The molecule has 0 amide bonds. The Kier molecular flexibility index (Phi) is 3.84. The molecule has 19 heavy (non-hydrogen) atoms. The molecule has 100 valence electrons. The van der Waals surface area contributed by atoms with Gasteiger partial charge in [0.05, 0.1) is 10.6 Å². The number of aryl methyl sites for hydroxylation is 2. The molecule has 0 bridgehead atoms. The van der Waals surface area contributed by atoms with E-state index in [2.05, 4.69) is 26.3 Å². The monoisotopic (exact) mass is 324 g/mol. The lowest BCUT2D eigenvalue weighted by atomic mass is 10.2. The van der Waals surface area contributed by atoms with Crippen molar-refractivity contribution in [1.82, 2.24) is 9.78 Å². The van der Waals surface area contributed by atoms with E-state index in [9.17, 15) is 10.1 Å². The lowest BCUT2D eigenvalue weighted by Crippen LogP contribution is -2.03. The van der Waals surface area contributed by atoms with Gasteiger partial charge in [0.25, 0.3) is 5.69 Å². The maximum absolute atomic E-state index is 10.9. The summed E-state index contributed by atoms with van der Waals surface area (Å²) < 4.78 is 2.52. The van der Waals surface area contributed by atoms with Gasteiger partial charge < -0.3 is 5.32 Å². The lowest BCUT2D eigenvalue weighted by molar-refractivity contribution is -0.384. The maximum atomic E-state index is 10.9. The highest BCUT2D eigenvalue weighted by molar-refractivity contribution is 9.10. The van der Waals surface area contributed by atoms with E-state index in [-0.39, 0.29) is 5.69 Å². The van der Waals surface area contributed by atoms with Crippen LogP contribution in [0.1, 0.15) is 11.3 Å². The number of benzene rings is 1. The molecule has 0 aliphatic heterocycles. The standard InChI is InChI=1S/C12H13BrN4O2/c1-8-9(7-16(2)15-8)6-14-11-5-10(13)3-4-12(11)17(18)19/h3-5,7,14H,6H2,1-2H3. The lowest BCUT2D eigenvalue weighted by Gasteiger charge is -2.06. The van der Waals surface area contributed by atoms with Crippen LogP contribution in [0, 0.1) is 17.0 Å². The van der Waals surface area contributed by atoms with Crippen molar-refractivity contribution in [3.63, 3.8) is 0 Å². The summed E-state index contributed by atoms with van der Waals surface area (Å²) in [5, 5.41) is 18.3. The molecule has 0 aliphatic carbocycles. The Bertz CT molecular complexity index is 624. The fraction of sp³-hybridized carbons (Fsp3) is 0.250. The second-order valence-electron chi connectivity index (χ2n) is 4.19. The fourth-order valence-corrected chi connectivity index (χ4v) is 2.18. The largest absolute Gasteiger partial charge is 0.375 e. The first-order valence-electron chi connectivity index (χ1n) is 5.64. The minimum absolute atomic E-state index is 0.0599. The topological polar surface area (TPSA) is 73.0 Å². The summed E-state index contributed by atoms with van der Waals surface area (Å²) in [7, 11) is 1.85. The minimum Gasteiger partial charge on any atom is -0.375 e. The van der Waals surface area contributed by atoms with Crippen LogP contribution in [-0.2, 0) is 13.6 Å². The fourth-order valence-electron chi connectivity index (χ4n) is 1.82. The normalized spacial score (nSPS) is 10.5. The van der Waals surface area contributed by atoms with Gasteiger partial charge in [0.2, 0.25) is 0 Å². The SMILES string of the molecule is Cc1nn(C)cc1CNc1cc(Br)ccc1[N+](=O)[O-]. The Morgan fingerprint density at radius 3 is 2.84 bits per heavy atom. The van der Waals surface area contributed by atoms with Gasteiger partial charge in [0.15, 0.2) is 0 Å². The van der Waals surface area contributed by atoms with E-state index in [1.165, 1.54) is 6.07 Å². The molecule has 0 atom stereocenters. The molecule has 0 spiro atoms. The predicted molar refractivity (Wildman–Crippen MR) is 76.1 cm³/mol. The highest BCUT2D eigenvalue weighted by Crippen LogP contribution is 2.28. The molecule has 1 heterocycles. The summed E-state index contributed by atoms with van der Waals surface area (Å²) in [6, 6.07) is 4.82. The first-order valence-corrected chi connectivity index (χ1v) is 6.43. The molecule has 6 nitrogen and oxygen atoms in total. The van der Waals surface area contributed by atoms with Crippen LogP contribution in [0.2, 0.25) is 0 Å². The summed E-state index contributed by atoms with van der Waals surface area (Å²) in [5.74, 6) is 0. The Morgan fingerprint density at radius 1 is 1.53 bits per heavy atom. The zero-order valence-electron chi connectivity index (χ0n) is 10.6. The van der Waals surface area contributed by atoms with E-state index in [0.29, 0.717) is 12.2 Å². The molecule has 0 fully saturated rings. The van der Waals surface area contributed by atoms with Gasteiger partial charge in [-0.3, -0.25) is 14.8 Å². The maximum Gasteiger partial charge on any atom is 0.292 e. The molecular weight excluding hydrogens is 312 g/mol. The first-order chi connectivity index (χ1) is 8.97. The van der Waals surface area contributed by atoms with Crippen molar-refractivity contribution in [3.05, 3.63) is 50.2 Å². The number of nitro groups is 1. The van der Waals surface area contributed by atoms with Crippen molar-refractivity contribution in [1.29, 1.82) is 0 Å². The highest BCUT2D eigenvalue weighted by Gasteiger charge is 2.14. The highest BCUT2D eigenvalue weighted by atomic mass is 79.9. The number of halogens is 1. The first kappa shape index (κ1) is 13.5. The van der Waals surface area contributed by atoms with Gasteiger partial charge in [-0.2, -0.15) is 5.10 Å². The molecule has 0 saturated heterocycles. The van der Waals surface area contributed by atoms with Crippen LogP contribution in [0.5, 0.6) is 0 Å². The van der Waals surface area contributed by atoms with Crippen LogP contribution in [0.25, 0.3) is 0 Å². The van der Waals surface area contributed by atoms with Gasteiger partial charge in [-0.05, 0) is 19.1 Å². The second kappa shape index (κ2) is 5.40. The zero-order valence-corrected chi connectivity index (χ0v) is 12.1. The van der Waals surface area contributed by atoms with Crippen LogP contribution in [0.3, 0.4) is 0 Å². The van der Waals surface area contributed by atoms with Crippen LogP contribution in [0.4, 0.5) is 11.4 Å². The number of anilines is 1. The van der Waals surface area contributed by atoms with E-state index in [0.717, 1.165) is 15.7 Å². The van der Waals surface area contributed by atoms with Crippen molar-refractivity contribution >= 4 is 27.3 Å². The third-order valence-corrected chi connectivity index (χ3v) is 3.23. The number of aromatic nitrogens is 2.